The van der Waals surface area contributed by atoms with Crippen LogP contribution in [0.2, 0.25) is 0 Å². The van der Waals surface area contributed by atoms with Crippen LogP contribution < -0.4 is 15.0 Å². The Labute approximate surface area is 160 Å². The van der Waals surface area contributed by atoms with E-state index in [0.717, 1.165) is 22.6 Å². The summed E-state index contributed by atoms with van der Waals surface area (Å²) in [7, 11) is 1.64. The second kappa shape index (κ2) is 8.12. The Bertz CT molecular complexity index is 1000. The van der Waals surface area contributed by atoms with Crippen LogP contribution in [0, 0.1) is 20.8 Å². The van der Waals surface area contributed by atoms with Gasteiger partial charge in [-0.3, -0.25) is 4.79 Å². The van der Waals surface area contributed by atoms with Gasteiger partial charge >= 0.3 is 0 Å². The third kappa shape index (κ3) is 4.22. The van der Waals surface area contributed by atoms with Gasteiger partial charge < -0.3 is 14.0 Å². The molecule has 1 heterocycles. The monoisotopic (exact) mass is 363 g/mol. The van der Waals surface area contributed by atoms with Crippen LogP contribution in [0.5, 0.6) is 11.5 Å². The molecular formula is C23H25NO3. The van der Waals surface area contributed by atoms with Crippen molar-refractivity contribution >= 4 is 0 Å². The molecule has 0 unspecified atom stereocenters. The van der Waals surface area contributed by atoms with E-state index in [9.17, 15) is 4.79 Å². The smallest absolute Gasteiger partial charge is 0.257 e. The number of aryl methyl sites for hydroxylation is 2. The molecule has 0 aliphatic heterocycles. The van der Waals surface area contributed by atoms with Crippen molar-refractivity contribution in [3.05, 3.63) is 92.9 Å². The maximum atomic E-state index is 12.9. The van der Waals surface area contributed by atoms with Crippen molar-refractivity contribution in [2.24, 2.45) is 0 Å². The zero-order valence-electron chi connectivity index (χ0n) is 16.3. The third-order valence-corrected chi connectivity index (χ3v) is 4.82. The number of ether oxygens (including phenoxy) is 2. The Kier molecular flexibility index (Phi) is 5.65. The molecule has 27 heavy (non-hydrogen) atoms. The fourth-order valence-electron chi connectivity index (χ4n) is 3.07. The predicted octanol–water partition coefficient (Wildman–Crippen LogP) is 4.41. The highest BCUT2D eigenvalue weighted by molar-refractivity contribution is 5.35. The number of aromatic nitrogens is 1. The highest BCUT2D eigenvalue weighted by atomic mass is 16.5. The van der Waals surface area contributed by atoms with Gasteiger partial charge in [-0.25, -0.2) is 0 Å². The first-order chi connectivity index (χ1) is 13.0. The van der Waals surface area contributed by atoms with E-state index in [1.54, 1.807) is 11.7 Å². The Morgan fingerprint density at radius 1 is 0.963 bits per heavy atom. The predicted molar refractivity (Wildman–Crippen MR) is 108 cm³/mol. The van der Waals surface area contributed by atoms with Crippen LogP contribution in [-0.2, 0) is 13.2 Å². The first-order valence-corrected chi connectivity index (χ1v) is 9.01. The van der Waals surface area contributed by atoms with Gasteiger partial charge in [0.1, 0.15) is 18.1 Å². The molecule has 0 amide bonds. The van der Waals surface area contributed by atoms with Crippen molar-refractivity contribution in [3.8, 4) is 11.5 Å². The van der Waals surface area contributed by atoms with Crippen molar-refractivity contribution in [1.29, 1.82) is 0 Å². The summed E-state index contributed by atoms with van der Waals surface area (Å²) >= 11 is 0. The molecule has 0 N–H and O–H groups in total. The highest BCUT2D eigenvalue weighted by Crippen LogP contribution is 2.20. The number of methoxy groups -OCH3 is 1. The van der Waals surface area contributed by atoms with Gasteiger partial charge in [0, 0.05) is 5.69 Å². The lowest BCUT2D eigenvalue weighted by Gasteiger charge is -2.16. The SMILES string of the molecule is COc1cccc(Cn2c(C)cc(OCc3ccccc3C)c(C)c2=O)c1. The van der Waals surface area contributed by atoms with Gasteiger partial charge in [-0.05, 0) is 55.7 Å². The maximum absolute atomic E-state index is 12.9. The molecule has 3 rings (SSSR count). The van der Waals surface area contributed by atoms with E-state index in [4.69, 9.17) is 9.47 Å². The van der Waals surface area contributed by atoms with E-state index in [1.165, 1.54) is 5.56 Å². The average Bonchev–Trinajstić information content (AvgIpc) is 2.68. The molecule has 0 saturated heterocycles. The maximum Gasteiger partial charge on any atom is 0.257 e. The van der Waals surface area contributed by atoms with Gasteiger partial charge in [0.15, 0.2) is 0 Å². The standard InChI is InChI=1S/C23H25NO3/c1-16-8-5-6-10-20(16)15-27-22-12-17(2)24(23(25)18(22)3)14-19-9-7-11-21(13-19)26-4/h5-13H,14-15H2,1-4H3. The van der Waals surface area contributed by atoms with E-state index < -0.39 is 0 Å². The van der Waals surface area contributed by atoms with Crippen LogP contribution in [0.4, 0.5) is 0 Å². The van der Waals surface area contributed by atoms with Crippen molar-refractivity contribution < 1.29 is 9.47 Å². The summed E-state index contributed by atoms with van der Waals surface area (Å²) < 4.78 is 13.0. The zero-order valence-corrected chi connectivity index (χ0v) is 16.3. The second-order valence-corrected chi connectivity index (χ2v) is 6.73. The molecule has 4 nitrogen and oxygen atoms in total. The Morgan fingerprint density at radius 3 is 2.48 bits per heavy atom. The summed E-state index contributed by atoms with van der Waals surface area (Å²) in [6, 6.07) is 17.8. The van der Waals surface area contributed by atoms with Crippen LogP contribution >= 0.6 is 0 Å². The Balaban J connectivity index is 1.85. The zero-order chi connectivity index (χ0) is 19.4. The summed E-state index contributed by atoms with van der Waals surface area (Å²) in [5.74, 6) is 1.43. The summed E-state index contributed by atoms with van der Waals surface area (Å²) in [4.78, 5) is 12.9. The minimum Gasteiger partial charge on any atom is -0.497 e. The van der Waals surface area contributed by atoms with Gasteiger partial charge in [0.2, 0.25) is 0 Å². The molecule has 3 aromatic rings. The van der Waals surface area contributed by atoms with Crippen molar-refractivity contribution in [1.82, 2.24) is 4.57 Å². The molecule has 2 aromatic carbocycles. The number of nitrogens with zero attached hydrogens (tertiary/aromatic N) is 1. The fraction of sp³-hybridized carbons (Fsp3) is 0.261. The number of pyridine rings is 1. The average molecular weight is 363 g/mol. The molecule has 0 aliphatic carbocycles. The lowest BCUT2D eigenvalue weighted by molar-refractivity contribution is 0.301. The molecule has 1 aromatic heterocycles. The van der Waals surface area contributed by atoms with Crippen LogP contribution in [-0.4, -0.2) is 11.7 Å². The summed E-state index contributed by atoms with van der Waals surface area (Å²) in [6.45, 7) is 6.76. The first kappa shape index (κ1) is 18.8. The van der Waals surface area contributed by atoms with Crippen molar-refractivity contribution in [3.63, 3.8) is 0 Å². The topological polar surface area (TPSA) is 40.5 Å². The summed E-state index contributed by atoms with van der Waals surface area (Å²) in [6.07, 6.45) is 0. The minimum absolute atomic E-state index is 0.0300. The van der Waals surface area contributed by atoms with Crippen LogP contribution in [0.15, 0.2) is 59.4 Å². The molecule has 140 valence electrons. The van der Waals surface area contributed by atoms with Crippen molar-refractivity contribution in [2.75, 3.05) is 7.11 Å². The number of hydrogen-bond donors (Lipinski definition) is 0. The molecule has 0 atom stereocenters. The van der Waals surface area contributed by atoms with Crippen LogP contribution in [0.3, 0.4) is 0 Å². The lowest BCUT2D eigenvalue weighted by atomic mass is 10.1. The van der Waals surface area contributed by atoms with E-state index in [-0.39, 0.29) is 5.56 Å². The van der Waals surface area contributed by atoms with E-state index in [1.807, 2.05) is 62.4 Å². The van der Waals surface area contributed by atoms with Gasteiger partial charge in [-0.15, -0.1) is 0 Å². The fourth-order valence-corrected chi connectivity index (χ4v) is 3.07. The molecule has 0 saturated carbocycles. The quantitative estimate of drug-likeness (QED) is 0.651. The Hall–Kier alpha value is -3.01. The molecule has 0 spiro atoms. The lowest BCUT2D eigenvalue weighted by Crippen LogP contribution is -2.25. The van der Waals surface area contributed by atoms with Crippen molar-refractivity contribution in [2.45, 2.75) is 33.9 Å². The highest BCUT2D eigenvalue weighted by Gasteiger charge is 2.12. The number of rotatable bonds is 6. The normalized spacial score (nSPS) is 10.7. The van der Waals surface area contributed by atoms with Gasteiger partial charge in [-0.1, -0.05) is 36.4 Å². The van der Waals surface area contributed by atoms with E-state index in [2.05, 4.69) is 13.0 Å². The second-order valence-electron chi connectivity index (χ2n) is 6.73. The molecule has 4 heteroatoms. The van der Waals surface area contributed by atoms with E-state index in [0.29, 0.717) is 24.5 Å². The summed E-state index contributed by atoms with van der Waals surface area (Å²) in [5.41, 5.74) is 4.78. The van der Waals surface area contributed by atoms with E-state index >= 15 is 0 Å². The Morgan fingerprint density at radius 2 is 1.74 bits per heavy atom. The molecule has 0 radical (unpaired) electrons. The molecule has 0 fully saturated rings. The number of benzene rings is 2. The molecule has 0 aliphatic rings. The third-order valence-electron chi connectivity index (χ3n) is 4.82. The minimum atomic E-state index is -0.0300. The van der Waals surface area contributed by atoms with Gasteiger partial charge in [0.25, 0.3) is 5.56 Å². The largest absolute Gasteiger partial charge is 0.497 e. The van der Waals surface area contributed by atoms with Gasteiger partial charge in [-0.2, -0.15) is 0 Å². The number of hydrogen-bond acceptors (Lipinski definition) is 3. The molecular weight excluding hydrogens is 338 g/mol. The van der Waals surface area contributed by atoms with Crippen LogP contribution in [0.25, 0.3) is 0 Å². The first-order valence-electron chi connectivity index (χ1n) is 9.01. The molecule has 0 bridgehead atoms. The van der Waals surface area contributed by atoms with Gasteiger partial charge in [0.05, 0.1) is 19.2 Å². The van der Waals surface area contributed by atoms with Crippen LogP contribution in [0.1, 0.15) is 27.9 Å². The summed E-state index contributed by atoms with van der Waals surface area (Å²) in [5, 5.41) is 0.